The summed E-state index contributed by atoms with van der Waals surface area (Å²) in [6.45, 7) is 4.21. The molecule has 0 aliphatic carbocycles. The topological polar surface area (TPSA) is 50.4 Å². The average Bonchev–Trinajstić information content (AvgIpc) is 2.65. The van der Waals surface area contributed by atoms with Crippen molar-refractivity contribution in [1.82, 2.24) is 0 Å². The zero-order valence-corrected chi connectivity index (χ0v) is 13.9. The number of rotatable bonds is 7. The number of fused-ring (bicyclic) bond motifs is 1. The Hall–Kier alpha value is -3.27. The molecule has 0 saturated heterocycles. The molecule has 3 aromatic carbocycles. The molecule has 0 radical (unpaired) electrons. The summed E-state index contributed by atoms with van der Waals surface area (Å²) in [5, 5.41) is 8.19. The van der Waals surface area contributed by atoms with Gasteiger partial charge in [0, 0.05) is 11.1 Å². The normalized spacial score (nSPS) is 10.2. The molecule has 3 rings (SSSR count). The van der Waals surface area contributed by atoms with Gasteiger partial charge in [0.05, 0.1) is 12.2 Å². The highest BCUT2D eigenvalue weighted by atomic mass is 16.5. The number of benzene rings is 3. The average molecular weight is 332 g/mol. The van der Waals surface area contributed by atoms with Crippen molar-refractivity contribution in [2.45, 2.75) is 0 Å². The number of hydrogen-bond donors (Lipinski definition) is 2. The number of carbonyl (C=O) groups is 1. The number of para-hydroxylation sites is 2. The molecule has 0 heterocycles. The fraction of sp³-hybridized carbons (Fsp3) is 0.0952. The van der Waals surface area contributed by atoms with E-state index in [0.717, 1.165) is 22.1 Å². The molecule has 126 valence electrons. The number of nitrogens with one attached hydrogen (secondary N) is 2. The molecule has 0 fully saturated rings. The molecule has 0 atom stereocenters. The quantitative estimate of drug-likeness (QED) is 0.628. The smallest absolute Gasteiger partial charge is 0.243 e. The number of ether oxygens (including phenoxy) is 1. The van der Waals surface area contributed by atoms with Gasteiger partial charge in [0.2, 0.25) is 5.91 Å². The number of anilines is 2. The van der Waals surface area contributed by atoms with Gasteiger partial charge in [0.15, 0.2) is 0 Å². The number of carbonyl (C=O) groups excluding carboxylic acids is 1. The predicted molar refractivity (Wildman–Crippen MR) is 103 cm³/mol. The van der Waals surface area contributed by atoms with Crippen molar-refractivity contribution >= 4 is 28.1 Å². The van der Waals surface area contributed by atoms with Crippen molar-refractivity contribution in [3.05, 3.63) is 79.4 Å². The molecule has 0 unspecified atom stereocenters. The van der Waals surface area contributed by atoms with Gasteiger partial charge in [-0.25, -0.2) is 0 Å². The summed E-state index contributed by atoms with van der Waals surface area (Å²) in [7, 11) is 0. The van der Waals surface area contributed by atoms with E-state index in [4.69, 9.17) is 4.74 Å². The fourth-order valence-corrected chi connectivity index (χ4v) is 2.59. The van der Waals surface area contributed by atoms with Gasteiger partial charge in [-0.2, -0.15) is 0 Å². The Kier molecular flexibility index (Phi) is 5.32. The minimum absolute atomic E-state index is 0.116. The van der Waals surface area contributed by atoms with Crippen molar-refractivity contribution in [3.8, 4) is 5.75 Å². The van der Waals surface area contributed by atoms with Crippen LogP contribution in [0.25, 0.3) is 10.8 Å². The molecule has 4 heteroatoms. The summed E-state index contributed by atoms with van der Waals surface area (Å²) in [5.41, 5.74) is 1.58. The Morgan fingerprint density at radius 1 is 0.960 bits per heavy atom. The first-order chi connectivity index (χ1) is 12.3. The zero-order valence-electron chi connectivity index (χ0n) is 13.9. The Labute approximate surface area is 147 Å². The van der Waals surface area contributed by atoms with Gasteiger partial charge < -0.3 is 15.4 Å². The summed E-state index contributed by atoms with van der Waals surface area (Å²) in [4.78, 5) is 12.3. The molecule has 25 heavy (non-hydrogen) atoms. The van der Waals surface area contributed by atoms with Crippen molar-refractivity contribution in [3.63, 3.8) is 0 Å². The Morgan fingerprint density at radius 2 is 1.68 bits per heavy atom. The van der Waals surface area contributed by atoms with Gasteiger partial charge >= 0.3 is 0 Å². The van der Waals surface area contributed by atoms with E-state index in [1.54, 1.807) is 6.08 Å². The Bertz CT molecular complexity index is 884. The standard InChI is InChI=1S/C21H20N2O2/c1-2-14-25-20-13-6-5-11-19(20)22-15-21(24)23-18-12-7-9-16-8-3-4-10-17(16)18/h2-13,22H,1,14-15H2,(H,23,24). The van der Waals surface area contributed by atoms with Crippen LogP contribution in [0.4, 0.5) is 11.4 Å². The summed E-state index contributed by atoms with van der Waals surface area (Å²) >= 11 is 0. The van der Waals surface area contributed by atoms with Crippen molar-refractivity contribution in [2.24, 2.45) is 0 Å². The van der Waals surface area contributed by atoms with Crippen LogP contribution in [0.1, 0.15) is 0 Å². The number of hydrogen-bond acceptors (Lipinski definition) is 3. The lowest BCUT2D eigenvalue weighted by Gasteiger charge is -2.13. The first-order valence-corrected chi connectivity index (χ1v) is 8.12. The van der Waals surface area contributed by atoms with Crippen LogP contribution in [0.15, 0.2) is 79.4 Å². The van der Waals surface area contributed by atoms with E-state index in [0.29, 0.717) is 12.4 Å². The Morgan fingerprint density at radius 3 is 2.56 bits per heavy atom. The summed E-state index contributed by atoms with van der Waals surface area (Å²) in [5.74, 6) is 0.579. The fourth-order valence-electron chi connectivity index (χ4n) is 2.59. The molecule has 0 aliphatic rings. The highest BCUT2D eigenvalue weighted by Crippen LogP contribution is 2.24. The van der Waals surface area contributed by atoms with Gasteiger partial charge in [-0.05, 0) is 23.6 Å². The summed E-state index contributed by atoms with van der Waals surface area (Å²) in [6.07, 6.45) is 1.68. The second-order valence-electron chi connectivity index (χ2n) is 5.52. The van der Waals surface area contributed by atoms with Gasteiger partial charge in [-0.1, -0.05) is 61.2 Å². The highest BCUT2D eigenvalue weighted by molar-refractivity contribution is 6.03. The zero-order chi connectivity index (χ0) is 17.5. The SMILES string of the molecule is C=CCOc1ccccc1NCC(=O)Nc1cccc2ccccc12. The second-order valence-corrected chi connectivity index (χ2v) is 5.52. The van der Waals surface area contributed by atoms with Crippen molar-refractivity contribution in [1.29, 1.82) is 0 Å². The molecule has 0 aliphatic heterocycles. The summed E-state index contributed by atoms with van der Waals surface area (Å²) < 4.78 is 5.58. The molecule has 4 nitrogen and oxygen atoms in total. The molecule has 2 N–H and O–H groups in total. The maximum Gasteiger partial charge on any atom is 0.243 e. The van der Waals surface area contributed by atoms with E-state index in [-0.39, 0.29) is 12.5 Å². The number of amides is 1. The molecule has 0 aromatic heterocycles. The minimum Gasteiger partial charge on any atom is -0.487 e. The van der Waals surface area contributed by atoms with Crippen LogP contribution in [0, 0.1) is 0 Å². The van der Waals surface area contributed by atoms with Crippen LogP contribution in [-0.2, 0) is 4.79 Å². The third-order valence-electron chi connectivity index (χ3n) is 3.75. The molecule has 0 bridgehead atoms. The lowest BCUT2D eigenvalue weighted by molar-refractivity contribution is -0.114. The van der Waals surface area contributed by atoms with E-state index in [9.17, 15) is 4.79 Å². The van der Waals surface area contributed by atoms with Gasteiger partial charge in [0.25, 0.3) is 0 Å². The van der Waals surface area contributed by atoms with Gasteiger partial charge in [-0.3, -0.25) is 4.79 Å². The van der Waals surface area contributed by atoms with Crippen LogP contribution < -0.4 is 15.4 Å². The van der Waals surface area contributed by atoms with Gasteiger partial charge in [0.1, 0.15) is 12.4 Å². The molecule has 1 amide bonds. The van der Waals surface area contributed by atoms with Crippen LogP contribution >= 0.6 is 0 Å². The molecular weight excluding hydrogens is 312 g/mol. The maximum absolute atomic E-state index is 12.3. The lowest BCUT2D eigenvalue weighted by Crippen LogP contribution is -2.22. The molecular formula is C21H20N2O2. The van der Waals surface area contributed by atoms with E-state index < -0.39 is 0 Å². The van der Waals surface area contributed by atoms with E-state index >= 15 is 0 Å². The van der Waals surface area contributed by atoms with E-state index in [2.05, 4.69) is 17.2 Å². The highest BCUT2D eigenvalue weighted by Gasteiger charge is 2.07. The summed E-state index contributed by atoms with van der Waals surface area (Å²) in [6, 6.07) is 21.3. The third kappa shape index (κ3) is 4.18. The molecule has 0 spiro atoms. The minimum atomic E-state index is -0.116. The predicted octanol–water partition coefficient (Wildman–Crippen LogP) is 4.46. The van der Waals surface area contributed by atoms with E-state index in [1.807, 2.05) is 66.7 Å². The van der Waals surface area contributed by atoms with Crippen LogP contribution in [0.2, 0.25) is 0 Å². The lowest BCUT2D eigenvalue weighted by atomic mass is 10.1. The third-order valence-corrected chi connectivity index (χ3v) is 3.75. The van der Waals surface area contributed by atoms with Gasteiger partial charge in [-0.15, -0.1) is 0 Å². The first kappa shape index (κ1) is 16.6. The van der Waals surface area contributed by atoms with Crippen LogP contribution in [0.5, 0.6) is 5.75 Å². The Balaban J connectivity index is 1.66. The first-order valence-electron chi connectivity index (χ1n) is 8.12. The molecule has 0 saturated carbocycles. The maximum atomic E-state index is 12.3. The second kappa shape index (κ2) is 8.02. The van der Waals surface area contributed by atoms with Crippen molar-refractivity contribution in [2.75, 3.05) is 23.8 Å². The van der Waals surface area contributed by atoms with Crippen molar-refractivity contribution < 1.29 is 9.53 Å². The largest absolute Gasteiger partial charge is 0.487 e. The van der Waals surface area contributed by atoms with Crippen LogP contribution in [-0.4, -0.2) is 19.1 Å². The van der Waals surface area contributed by atoms with Crippen LogP contribution in [0.3, 0.4) is 0 Å². The monoisotopic (exact) mass is 332 g/mol. The molecule has 3 aromatic rings. The van der Waals surface area contributed by atoms with E-state index in [1.165, 1.54) is 0 Å².